The van der Waals surface area contributed by atoms with E-state index in [-0.39, 0.29) is 18.2 Å². The Hall–Kier alpha value is -3.39. The first-order valence-corrected chi connectivity index (χ1v) is 9.60. The summed E-state index contributed by atoms with van der Waals surface area (Å²) >= 11 is 0. The van der Waals surface area contributed by atoms with Gasteiger partial charge in [-0.1, -0.05) is 12.8 Å². The lowest BCUT2D eigenvalue weighted by Crippen LogP contribution is -2.17. The number of hydroxylamine groups is 1. The molecule has 3 rings (SSSR count). The minimum atomic E-state index is -0.392. The fourth-order valence-electron chi connectivity index (χ4n) is 3.20. The minimum Gasteiger partial charge on any atom is -0.362 e. The van der Waals surface area contributed by atoms with Crippen LogP contribution in [0.25, 0.3) is 11.6 Å². The average molecular weight is 396 g/mol. The Morgan fingerprint density at radius 1 is 1.03 bits per heavy atom. The van der Waals surface area contributed by atoms with Crippen molar-refractivity contribution in [1.29, 1.82) is 0 Å². The van der Waals surface area contributed by atoms with Gasteiger partial charge in [0.25, 0.3) is 5.91 Å². The third kappa shape index (κ3) is 5.55. The van der Waals surface area contributed by atoms with Gasteiger partial charge >= 0.3 is 0 Å². The van der Waals surface area contributed by atoms with E-state index in [9.17, 15) is 14.4 Å². The number of nitrogens with one attached hydrogen (secondary N) is 4. The fourth-order valence-corrected chi connectivity index (χ4v) is 3.20. The standard InChI is InChI=1S/C21H24N4O4/c26-19(7-3-1-2-4-8-20(27)25-29)23-15-9-10-18-16(13-15)17(21(28)24-18)12-14-6-5-11-22-14/h5-6,9-13,22,29H,1-4,7-8H2,(H,23,26)(H,24,28)(H,25,27)/b17-12+. The van der Waals surface area contributed by atoms with Gasteiger partial charge < -0.3 is 15.6 Å². The van der Waals surface area contributed by atoms with Crippen LogP contribution in [0.2, 0.25) is 0 Å². The van der Waals surface area contributed by atoms with Crippen LogP contribution in [0.5, 0.6) is 0 Å². The molecule has 0 aliphatic carbocycles. The summed E-state index contributed by atoms with van der Waals surface area (Å²) in [5.41, 5.74) is 5.09. The van der Waals surface area contributed by atoms with Gasteiger partial charge in [-0.15, -0.1) is 0 Å². The molecule has 1 aromatic heterocycles. The number of carbonyl (C=O) groups is 3. The molecule has 1 aliphatic heterocycles. The third-order valence-corrected chi connectivity index (χ3v) is 4.69. The molecule has 2 aromatic rings. The highest BCUT2D eigenvalue weighted by Gasteiger charge is 2.24. The molecule has 29 heavy (non-hydrogen) atoms. The van der Waals surface area contributed by atoms with E-state index < -0.39 is 5.91 Å². The zero-order valence-corrected chi connectivity index (χ0v) is 16.0. The van der Waals surface area contributed by atoms with Crippen LogP contribution < -0.4 is 16.1 Å². The Morgan fingerprint density at radius 3 is 2.48 bits per heavy atom. The second kappa shape index (κ2) is 9.70. The van der Waals surface area contributed by atoms with Crippen LogP contribution in [0.1, 0.15) is 49.8 Å². The van der Waals surface area contributed by atoms with Gasteiger partial charge in [0, 0.05) is 41.7 Å². The average Bonchev–Trinajstić information content (AvgIpc) is 3.33. The summed E-state index contributed by atoms with van der Waals surface area (Å²) in [5.74, 6) is -0.657. The topological polar surface area (TPSA) is 123 Å². The number of anilines is 2. The molecule has 5 N–H and O–H groups in total. The lowest BCUT2D eigenvalue weighted by molar-refractivity contribution is -0.129. The van der Waals surface area contributed by atoms with Gasteiger partial charge in [-0.05, 0) is 49.2 Å². The maximum atomic E-state index is 12.3. The van der Waals surface area contributed by atoms with Crippen molar-refractivity contribution in [3.8, 4) is 0 Å². The zero-order chi connectivity index (χ0) is 20.6. The number of fused-ring (bicyclic) bond motifs is 1. The number of carbonyl (C=O) groups excluding carboxylic acids is 3. The first-order chi connectivity index (χ1) is 14.1. The summed E-state index contributed by atoms with van der Waals surface area (Å²) < 4.78 is 0. The van der Waals surface area contributed by atoms with E-state index in [2.05, 4.69) is 15.6 Å². The van der Waals surface area contributed by atoms with Gasteiger partial charge in [0.1, 0.15) is 0 Å². The van der Waals surface area contributed by atoms with Gasteiger partial charge in [-0.2, -0.15) is 0 Å². The zero-order valence-electron chi connectivity index (χ0n) is 16.0. The van der Waals surface area contributed by atoms with E-state index in [1.165, 1.54) is 0 Å². The summed E-state index contributed by atoms with van der Waals surface area (Å²) in [7, 11) is 0. The smallest absolute Gasteiger partial charge is 0.256 e. The van der Waals surface area contributed by atoms with E-state index >= 15 is 0 Å². The Labute approximate surface area is 168 Å². The second-order valence-electron chi connectivity index (χ2n) is 6.90. The molecule has 0 bridgehead atoms. The summed E-state index contributed by atoms with van der Waals surface area (Å²) in [6.07, 6.45) is 7.28. The van der Waals surface area contributed by atoms with Crippen molar-refractivity contribution in [1.82, 2.24) is 10.5 Å². The fraction of sp³-hybridized carbons (Fsp3) is 0.286. The summed E-state index contributed by atoms with van der Waals surface area (Å²) in [6.45, 7) is 0. The Bertz CT molecular complexity index is 919. The molecule has 152 valence electrons. The largest absolute Gasteiger partial charge is 0.362 e. The van der Waals surface area contributed by atoms with Gasteiger partial charge in [-0.25, -0.2) is 5.48 Å². The SMILES string of the molecule is O=C(CCCCCCC(=O)Nc1ccc2c(c1)/C(=C\c1ccc[nH]1)C(=O)N2)NO. The van der Waals surface area contributed by atoms with Crippen molar-refractivity contribution < 1.29 is 19.6 Å². The van der Waals surface area contributed by atoms with Crippen molar-refractivity contribution in [2.75, 3.05) is 10.6 Å². The van der Waals surface area contributed by atoms with E-state index in [0.717, 1.165) is 36.2 Å². The molecule has 3 amide bonds. The molecule has 0 unspecified atom stereocenters. The molecule has 1 aromatic carbocycles. The highest BCUT2D eigenvalue weighted by molar-refractivity contribution is 6.35. The number of hydrogen-bond acceptors (Lipinski definition) is 4. The third-order valence-electron chi connectivity index (χ3n) is 4.69. The number of rotatable bonds is 9. The molecule has 0 saturated heterocycles. The van der Waals surface area contributed by atoms with Gasteiger partial charge in [-0.3, -0.25) is 19.6 Å². The molecule has 0 atom stereocenters. The van der Waals surface area contributed by atoms with E-state index in [1.54, 1.807) is 36.0 Å². The molecule has 0 saturated carbocycles. The molecule has 0 fully saturated rings. The number of amides is 3. The van der Waals surface area contributed by atoms with Gasteiger partial charge in [0.2, 0.25) is 11.8 Å². The second-order valence-corrected chi connectivity index (χ2v) is 6.90. The van der Waals surface area contributed by atoms with Crippen molar-refractivity contribution in [3.05, 3.63) is 47.8 Å². The molecule has 0 radical (unpaired) electrons. The van der Waals surface area contributed by atoms with E-state index in [0.29, 0.717) is 24.1 Å². The van der Waals surface area contributed by atoms with E-state index in [4.69, 9.17) is 5.21 Å². The van der Waals surface area contributed by atoms with Gasteiger partial charge in [0.15, 0.2) is 0 Å². The summed E-state index contributed by atoms with van der Waals surface area (Å²) in [6, 6.07) is 9.08. The van der Waals surface area contributed by atoms with Crippen LogP contribution in [0.3, 0.4) is 0 Å². The lowest BCUT2D eigenvalue weighted by atomic mass is 10.0. The molecular formula is C21H24N4O4. The van der Waals surface area contributed by atoms with Crippen LogP contribution in [0.15, 0.2) is 36.5 Å². The maximum absolute atomic E-state index is 12.3. The number of H-pyrrole nitrogens is 1. The van der Waals surface area contributed by atoms with Crippen LogP contribution in [0.4, 0.5) is 11.4 Å². The van der Waals surface area contributed by atoms with Gasteiger partial charge in [0.05, 0.1) is 5.57 Å². The number of aromatic amines is 1. The summed E-state index contributed by atoms with van der Waals surface area (Å²) in [4.78, 5) is 38.4. The Balaban J connectivity index is 1.52. The van der Waals surface area contributed by atoms with Crippen molar-refractivity contribution in [2.45, 2.75) is 38.5 Å². The van der Waals surface area contributed by atoms with Crippen LogP contribution in [-0.4, -0.2) is 27.9 Å². The minimum absolute atomic E-state index is 0.0924. The van der Waals surface area contributed by atoms with Crippen LogP contribution in [0, 0.1) is 0 Å². The Morgan fingerprint density at radius 2 is 1.79 bits per heavy atom. The number of unbranched alkanes of at least 4 members (excludes halogenated alkanes) is 3. The summed E-state index contributed by atoms with van der Waals surface area (Å²) in [5, 5.41) is 14.1. The molecule has 0 spiro atoms. The first kappa shape index (κ1) is 20.3. The monoisotopic (exact) mass is 396 g/mol. The number of hydrogen-bond donors (Lipinski definition) is 5. The highest BCUT2D eigenvalue weighted by atomic mass is 16.5. The van der Waals surface area contributed by atoms with Crippen molar-refractivity contribution in [3.63, 3.8) is 0 Å². The molecule has 1 aliphatic rings. The normalized spacial score (nSPS) is 13.8. The molecule has 8 nitrogen and oxygen atoms in total. The maximum Gasteiger partial charge on any atom is 0.256 e. The Kier molecular flexibility index (Phi) is 6.80. The first-order valence-electron chi connectivity index (χ1n) is 9.60. The van der Waals surface area contributed by atoms with Crippen LogP contribution >= 0.6 is 0 Å². The quantitative estimate of drug-likeness (QED) is 0.193. The molecular weight excluding hydrogens is 372 g/mol. The predicted molar refractivity (Wildman–Crippen MR) is 110 cm³/mol. The van der Waals surface area contributed by atoms with Crippen molar-refractivity contribution >= 4 is 40.7 Å². The predicted octanol–water partition coefficient (Wildman–Crippen LogP) is 3.29. The van der Waals surface area contributed by atoms with E-state index in [1.807, 2.05) is 12.1 Å². The number of aromatic nitrogens is 1. The van der Waals surface area contributed by atoms with Crippen molar-refractivity contribution in [2.24, 2.45) is 0 Å². The van der Waals surface area contributed by atoms with Crippen LogP contribution in [-0.2, 0) is 14.4 Å². The highest BCUT2D eigenvalue weighted by Crippen LogP contribution is 2.35. The lowest BCUT2D eigenvalue weighted by Gasteiger charge is -2.07. The molecule has 2 heterocycles. The molecule has 8 heteroatoms. The number of benzene rings is 1.